The van der Waals surface area contributed by atoms with Crippen LogP contribution in [0.4, 0.5) is 11.6 Å². The number of aromatic amines is 1. The van der Waals surface area contributed by atoms with Gasteiger partial charge in [-0.15, -0.1) is 0 Å². The van der Waals surface area contributed by atoms with Crippen molar-refractivity contribution in [1.82, 2.24) is 19.9 Å². The third-order valence-corrected chi connectivity index (χ3v) is 5.16. The third kappa shape index (κ3) is 4.45. The quantitative estimate of drug-likeness (QED) is 0.269. The second kappa shape index (κ2) is 8.34. The number of rotatable bonds is 7. The van der Waals surface area contributed by atoms with Crippen LogP contribution in [0.3, 0.4) is 0 Å². The molecule has 10 heteroatoms. The van der Waals surface area contributed by atoms with Crippen molar-refractivity contribution in [2.24, 2.45) is 5.92 Å². The van der Waals surface area contributed by atoms with E-state index in [1.54, 1.807) is 12.1 Å². The van der Waals surface area contributed by atoms with Crippen LogP contribution in [0.15, 0.2) is 29.6 Å². The number of hydrogen-bond acceptors (Lipinski definition) is 8. The largest absolute Gasteiger partial charge is 0.504 e. The SMILES string of the molecule is COc1cc(NC(=O)[C@@H](CC(C)C)Sc2nc(N)nc3nc[nH]c23)ccc1O. The molecule has 3 aromatic rings. The number of carbonyl (C=O) groups excluding carboxylic acids is 1. The van der Waals surface area contributed by atoms with Crippen molar-refractivity contribution >= 4 is 40.5 Å². The van der Waals surface area contributed by atoms with Gasteiger partial charge in [-0.05, 0) is 24.5 Å². The number of nitrogens with two attached hydrogens (primary N) is 1. The van der Waals surface area contributed by atoms with Gasteiger partial charge < -0.3 is 25.9 Å². The molecule has 1 atom stereocenters. The molecule has 0 saturated carbocycles. The molecule has 0 saturated heterocycles. The van der Waals surface area contributed by atoms with Gasteiger partial charge in [0.05, 0.1) is 18.7 Å². The van der Waals surface area contributed by atoms with E-state index in [-0.39, 0.29) is 29.3 Å². The number of thioether (sulfide) groups is 1. The number of aromatic hydroxyl groups is 1. The summed E-state index contributed by atoms with van der Waals surface area (Å²) in [6, 6.07) is 4.65. The van der Waals surface area contributed by atoms with E-state index in [4.69, 9.17) is 10.5 Å². The first-order chi connectivity index (χ1) is 13.4. The number of fused-ring (bicyclic) bond motifs is 1. The van der Waals surface area contributed by atoms with Crippen LogP contribution in [0.5, 0.6) is 11.5 Å². The van der Waals surface area contributed by atoms with E-state index >= 15 is 0 Å². The van der Waals surface area contributed by atoms with Gasteiger partial charge in [-0.3, -0.25) is 4.79 Å². The third-order valence-electron chi connectivity index (χ3n) is 3.95. The molecule has 0 fully saturated rings. The number of nitrogen functional groups attached to an aromatic ring is 1. The van der Waals surface area contributed by atoms with Crippen LogP contribution in [-0.2, 0) is 4.79 Å². The number of phenolic OH excluding ortho intramolecular Hbond substituents is 1. The molecule has 1 aromatic carbocycles. The minimum absolute atomic E-state index is 0.00621. The molecular formula is C18H22N6O3S. The van der Waals surface area contributed by atoms with E-state index < -0.39 is 5.25 Å². The van der Waals surface area contributed by atoms with Crippen molar-refractivity contribution < 1.29 is 14.6 Å². The van der Waals surface area contributed by atoms with Gasteiger partial charge in [0.2, 0.25) is 11.9 Å². The lowest BCUT2D eigenvalue weighted by molar-refractivity contribution is -0.116. The summed E-state index contributed by atoms with van der Waals surface area (Å²) in [5.74, 6) is 0.500. The number of imidazole rings is 1. The van der Waals surface area contributed by atoms with E-state index in [1.807, 2.05) is 13.8 Å². The number of methoxy groups -OCH3 is 1. The summed E-state index contributed by atoms with van der Waals surface area (Å²) in [4.78, 5) is 28.4. The van der Waals surface area contributed by atoms with E-state index in [1.165, 1.54) is 31.3 Å². The van der Waals surface area contributed by atoms with Gasteiger partial charge in [-0.1, -0.05) is 25.6 Å². The fourth-order valence-electron chi connectivity index (χ4n) is 2.66. The zero-order chi connectivity index (χ0) is 20.3. The minimum atomic E-state index is -0.416. The summed E-state index contributed by atoms with van der Waals surface area (Å²) in [6.07, 6.45) is 2.15. The number of nitrogens with one attached hydrogen (secondary N) is 2. The van der Waals surface area contributed by atoms with E-state index in [0.717, 1.165) is 0 Å². The van der Waals surface area contributed by atoms with Gasteiger partial charge in [0.25, 0.3) is 0 Å². The number of nitrogens with zero attached hydrogens (tertiary/aromatic N) is 3. The van der Waals surface area contributed by atoms with E-state index in [9.17, 15) is 9.90 Å². The second-order valence-corrected chi connectivity index (χ2v) is 7.79. The molecule has 2 aromatic heterocycles. The Hall–Kier alpha value is -3.01. The number of benzene rings is 1. The summed E-state index contributed by atoms with van der Waals surface area (Å²) in [5.41, 5.74) is 7.42. The Kier molecular flexibility index (Phi) is 5.88. The molecule has 0 bridgehead atoms. The van der Waals surface area contributed by atoms with Crippen LogP contribution >= 0.6 is 11.8 Å². The lowest BCUT2D eigenvalue weighted by Gasteiger charge is -2.18. The van der Waals surface area contributed by atoms with Gasteiger partial charge in [-0.25, -0.2) is 9.97 Å². The van der Waals surface area contributed by atoms with E-state index in [0.29, 0.717) is 28.3 Å². The van der Waals surface area contributed by atoms with Crippen molar-refractivity contribution in [2.75, 3.05) is 18.2 Å². The van der Waals surface area contributed by atoms with E-state index in [2.05, 4.69) is 25.3 Å². The average molecular weight is 402 g/mol. The van der Waals surface area contributed by atoms with Gasteiger partial charge in [0.15, 0.2) is 17.1 Å². The Balaban J connectivity index is 1.85. The van der Waals surface area contributed by atoms with Crippen molar-refractivity contribution in [3.63, 3.8) is 0 Å². The Morgan fingerprint density at radius 3 is 2.89 bits per heavy atom. The second-order valence-electron chi connectivity index (χ2n) is 6.60. The highest BCUT2D eigenvalue weighted by Crippen LogP contribution is 2.33. The number of hydrogen-bond donors (Lipinski definition) is 4. The summed E-state index contributed by atoms with van der Waals surface area (Å²) in [5, 5.41) is 12.8. The topological polar surface area (TPSA) is 139 Å². The average Bonchev–Trinajstić information content (AvgIpc) is 3.10. The molecule has 148 valence electrons. The first-order valence-corrected chi connectivity index (χ1v) is 9.56. The van der Waals surface area contributed by atoms with Gasteiger partial charge in [-0.2, -0.15) is 4.98 Å². The normalized spacial score (nSPS) is 12.3. The summed E-state index contributed by atoms with van der Waals surface area (Å²) >= 11 is 1.31. The predicted octanol–water partition coefficient (Wildman–Crippen LogP) is 2.79. The zero-order valence-corrected chi connectivity index (χ0v) is 16.6. The molecule has 3 rings (SSSR count). The van der Waals surface area contributed by atoms with Crippen LogP contribution in [0.2, 0.25) is 0 Å². The molecule has 28 heavy (non-hydrogen) atoms. The zero-order valence-electron chi connectivity index (χ0n) is 15.8. The summed E-state index contributed by atoms with van der Waals surface area (Å²) < 4.78 is 5.09. The highest BCUT2D eigenvalue weighted by Gasteiger charge is 2.24. The maximum Gasteiger partial charge on any atom is 0.237 e. The van der Waals surface area contributed by atoms with Gasteiger partial charge in [0, 0.05) is 11.8 Å². The van der Waals surface area contributed by atoms with Crippen molar-refractivity contribution in [3.8, 4) is 11.5 Å². The molecule has 5 N–H and O–H groups in total. The molecule has 0 aliphatic carbocycles. The minimum Gasteiger partial charge on any atom is -0.504 e. The number of phenols is 1. The Labute approximate surface area is 166 Å². The molecule has 2 heterocycles. The maximum atomic E-state index is 13.0. The monoisotopic (exact) mass is 402 g/mol. The van der Waals surface area contributed by atoms with Crippen molar-refractivity contribution in [2.45, 2.75) is 30.5 Å². The fourth-order valence-corrected chi connectivity index (χ4v) is 3.99. The Morgan fingerprint density at radius 2 is 2.18 bits per heavy atom. The Morgan fingerprint density at radius 1 is 1.39 bits per heavy atom. The van der Waals surface area contributed by atoms with Crippen molar-refractivity contribution in [3.05, 3.63) is 24.5 Å². The number of amides is 1. The highest BCUT2D eigenvalue weighted by molar-refractivity contribution is 8.00. The van der Waals surface area contributed by atoms with Crippen LogP contribution in [-0.4, -0.2) is 43.3 Å². The maximum absolute atomic E-state index is 13.0. The highest BCUT2D eigenvalue weighted by atomic mass is 32.2. The van der Waals surface area contributed by atoms with Crippen LogP contribution in [0, 0.1) is 5.92 Å². The standard InChI is InChI=1S/C18H22N6O3S/c1-9(2)6-13(16(26)22-10-4-5-11(25)12(7-10)27-3)28-17-14-15(21-8-20-14)23-18(19)24-17/h4-5,7-9,13,25H,6H2,1-3H3,(H,22,26)(H3,19,20,21,23,24)/t13-/m1/s1. The fraction of sp³-hybridized carbons (Fsp3) is 0.333. The summed E-state index contributed by atoms with van der Waals surface area (Å²) in [6.45, 7) is 4.09. The van der Waals surface area contributed by atoms with Gasteiger partial charge in [0.1, 0.15) is 10.5 Å². The molecular weight excluding hydrogens is 380 g/mol. The first-order valence-electron chi connectivity index (χ1n) is 8.68. The molecule has 0 aliphatic rings. The van der Waals surface area contributed by atoms with Crippen LogP contribution in [0.25, 0.3) is 11.2 Å². The number of ether oxygens (including phenoxy) is 1. The molecule has 0 aliphatic heterocycles. The number of anilines is 2. The number of aromatic nitrogens is 4. The first kappa shape index (κ1) is 19.7. The number of carbonyl (C=O) groups is 1. The Bertz CT molecular complexity index is 991. The van der Waals surface area contributed by atoms with Gasteiger partial charge >= 0.3 is 0 Å². The smallest absolute Gasteiger partial charge is 0.237 e. The predicted molar refractivity (Wildman–Crippen MR) is 108 cm³/mol. The molecule has 0 radical (unpaired) electrons. The molecule has 1 amide bonds. The summed E-state index contributed by atoms with van der Waals surface area (Å²) in [7, 11) is 1.45. The number of H-pyrrole nitrogens is 1. The molecule has 0 unspecified atom stereocenters. The van der Waals surface area contributed by atoms with Crippen molar-refractivity contribution in [1.29, 1.82) is 0 Å². The lowest BCUT2D eigenvalue weighted by atomic mass is 10.1. The van der Waals surface area contributed by atoms with Crippen LogP contribution in [0.1, 0.15) is 20.3 Å². The van der Waals surface area contributed by atoms with Crippen LogP contribution < -0.4 is 15.8 Å². The lowest BCUT2D eigenvalue weighted by Crippen LogP contribution is -2.27. The molecule has 9 nitrogen and oxygen atoms in total. The molecule has 0 spiro atoms.